The van der Waals surface area contributed by atoms with E-state index in [1.165, 1.54) is 94.2 Å². The van der Waals surface area contributed by atoms with Gasteiger partial charge in [0.15, 0.2) is 0 Å². The van der Waals surface area contributed by atoms with Crippen molar-refractivity contribution >= 4 is 38.8 Å². The number of aromatic nitrogens is 2. The summed E-state index contributed by atoms with van der Waals surface area (Å²) in [7, 11) is 0. The lowest BCUT2D eigenvalue weighted by Crippen LogP contribution is -2.10. The van der Waals surface area contributed by atoms with Gasteiger partial charge in [0.1, 0.15) is 0 Å². The van der Waals surface area contributed by atoms with E-state index in [-0.39, 0.29) is 10.8 Å². The Morgan fingerprint density at radius 2 is 0.898 bits per heavy atom. The van der Waals surface area contributed by atoms with Gasteiger partial charge in [0.2, 0.25) is 0 Å². The molecule has 1 aliphatic rings. The summed E-state index contributed by atoms with van der Waals surface area (Å²) < 4.78 is 5.08. The van der Waals surface area contributed by atoms with Crippen molar-refractivity contribution in [1.29, 1.82) is 0 Å². The largest absolute Gasteiger partial charge is 0.313 e. The first kappa shape index (κ1) is 36.9. The van der Waals surface area contributed by atoms with E-state index in [1.807, 2.05) is 0 Å². The summed E-state index contributed by atoms with van der Waals surface area (Å²) >= 11 is 0. The molecular weight excluding hydrogens is 713 g/mol. The summed E-state index contributed by atoms with van der Waals surface area (Å²) in [5.41, 5.74) is 18.7. The number of benzene rings is 7. The highest BCUT2D eigenvalue weighted by Gasteiger charge is 2.25. The quantitative estimate of drug-likeness (QED) is 0.165. The summed E-state index contributed by atoms with van der Waals surface area (Å²) in [6.45, 7) is 16.2. The van der Waals surface area contributed by atoms with E-state index >= 15 is 0 Å². The van der Waals surface area contributed by atoms with Gasteiger partial charge in [0.25, 0.3) is 0 Å². The Kier molecular flexibility index (Phi) is 8.69. The van der Waals surface area contributed by atoms with Crippen LogP contribution in [-0.2, 0) is 17.3 Å². The molecule has 1 unspecified atom stereocenters. The molecule has 1 atom stereocenters. The molecule has 0 fully saturated rings. The smallest absolute Gasteiger partial charge is 0.0541 e. The van der Waals surface area contributed by atoms with E-state index in [4.69, 9.17) is 0 Å². The van der Waals surface area contributed by atoms with Crippen molar-refractivity contribution in [1.82, 2.24) is 9.13 Å². The molecule has 2 aromatic heterocycles. The number of rotatable bonds is 5. The number of hydrogen-bond acceptors (Lipinski definition) is 0. The Bertz CT molecular complexity index is 3030. The Morgan fingerprint density at radius 3 is 1.49 bits per heavy atom. The summed E-state index contributed by atoms with van der Waals surface area (Å²) in [6.07, 6.45) is 5.76. The second kappa shape index (κ2) is 13.9. The number of para-hydroxylation sites is 1. The van der Waals surface area contributed by atoms with E-state index in [0.29, 0.717) is 5.92 Å². The average Bonchev–Trinajstić information content (AvgIpc) is 3.75. The molecule has 9 aromatic rings. The van der Waals surface area contributed by atoms with Crippen molar-refractivity contribution in [2.75, 3.05) is 0 Å². The van der Waals surface area contributed by atoms with Crippen LogP contribution in [-0.4, -0.2) is 9.13 Å². The summed E-state index contributed by atoms with van der Waals surface area (Å²) in [6, 6.07) is 59.2. The molecule has 59 heavy (non-hydrogen) atoms. The SMILES string of the molecule is CC1C=Cc2c(n(-c3cc(-c4cc(-c5ccccc5)cc(-c5ccccc5)c4)cc(-n4c5ccccc5c5cc(C(C)(C)C)ccc54)c3)c3ccc(C(C)(C)C)cc23)C1. The van der Waals surface area contributed by atoms with Crippen LogP contribution in [0.3, 0.4) is 0 Å². The molecular formula is C57H52N2. The molecule has 0 saturated heterocycles. The van der Waals surface area contributed by atoms with Crippen LogP contribution in [0.5, 0.6) is 0 Å². The van der Waals surface area contributed by atoms with Crippen LogP contribution in [0.2, 0.25) is 0 Å². The fourth-order valence-electron chi connectivity index (χ4n) is 9.28. The first-order valence-corrected chi connectivity index (χ1v) is 21.2. The van der Waals surface area contributed by atoms with E-state index in [0.717, 1.165) is 12.1 Å². The third-order valence-corrected chi connectivity index (χ3v) is 12.5. The van der Waals surface area contributed by atoms with Gasteiger partial charge in [0, 0.05) is 38.8 Å². The Morgan fingerprint density at radius 1 is 0.424 bits per heavy atom. The van der Waals surface area contributed by atoms with Gasteiger partial charge in [-0.3, -0.25) is 0 Å². The molecule has 0 amide bonds. The first-order valence-electron chi connectivity index (χ1n) is 21.2. The van der Waals surface area contributed by atoms with Crippen molar-refractivity contribution in [2.45, 2.75) is 65.7 Å². The maximum atomic E-state index is 2.58. The molecule has 2 nitrogen and oxygen atoms in total. The van der Waals surface area contributed by atoms with Crippen molar-refractivity contribution in [3.05, 3.63) is 186 Å². The van der Waals surface area contributed by atoms with E-state index in [2.05, 4.69) is 227 Å². The van der Waals surface area contributed by atoms with E-state index in [1.54, 1.807) is 0 Å². The molecule has 1 aliphatic carbocycles. The second-order valence-electron chi connectivity index (χ2n) is 18.8. The van der Waals surface area contributed by atoms with Crippen molar-refractivity contribution < 1.29 is 0 Å². The van der Waals surface area contributed by atoms with Crippen molar-refractivity contribution in [3.8, 4) is 44.8 Å². The van der Waals surface area contributed by atoms with Gasteiger partial charge < -0.3 is 9.13 Å². The minimum atomic E-state index is 0.0394. The zero-order valence-electron chi connectivity index (χ0n) is 35.3. The lowest BCUT2D eigenvalue weighted by atomic mass is 9.86. The van der Waals surface area contributed by atoms with Gasteiger partial charge in [-0.25, -0.2) is 0 Å². The predicted octanol–water partition coefficient (Wildman–Crippen LogP) is 15.5. The molecule has 0 bridgehead atoms. The fourth-order valence-corrected chi connectivity index (χ4v) is 9.28. The van der Waals surface area contributed by atoms with E-state index in [9.17, 15) is 0 Å². The fraction of sp³-hybridized carbons (Fsp3) is 0.193. The molecule has 2 heteroatoms. The van der Waals surface area contributed by atoms with Crippen molar-refractivity contribution in [2.24, 2.45) is 5.92 Å². The summed E-state index contributed by atoms with van der Waals surface area (Å²) in [5, 5.41) is 3.89. The number of allylic oxidation sites excluding steroid dienone is 1. The molecule has 0 aliphatic heterocycles. The van der Waals surface area contributed by atoms with E-state index < -0.39 is 0 Å². The van der Waals surface area contributed by atoms with Gasteiger partial charge in [-0.2, -0.15) is 0 Å². The minimum absolute atomic E-state index is 0.0394. The number of hydrogen-bond donors (Lipinski definition) is 0. The zero-order chi connectivity index (χ0) is 40.6. The summed E-state index contributed by atoms with van der Waals surface area (Å²) in [4.78, 5) is 0. The van der Waals surface area contributed by atoms with Crippen LogP contribution in [0, 0.1) is 5.92 Å². The van der Waals surface area contributed by atoms with Crippen molar-refractivity contribution in [3.63, 3.8) is 0 Å². The molecule has 0 saturated carbocycles. The van der Waals surface area contributed by atoms with Crippen LogP contribution >= 0.6 is 0 Å². The molecule has 2 heterocycles. The highest BCUT2D eigenvalue weighted by molar-refractivity contribution is 6.09. The molecule has 0 N–H and O–H groups in total. The number of fused-ring (bicyclic) bond motifs is 6. The molecule has 7 aromatic carbocycles. The highest BCUT2D eigenvalue weighted by Crippen LogP contribution is 2.42. The summed E-state index contributed by atoms with van der Waals surface area (Å²) in [5.74, 6) is 0.445. The lowest BCUT2D eigenvalue weighted by molar-refractivity contribution is 0.591. The highest BCUT2D eigenvalue weighted by atomic mass is 15.0. The normalized spacial score (nSPS) is 14.4. The Hall–Kier alpha value is -6.38. The molecule has 290 valence electrons. The third kappa shape index (κ3) is 6.52. The van der Waals surface area contributed by atoms with Gasteiger partial charge >= 0.3 is 0 Å². The second-order valence-corrected chi connectivity index (χ2v) is 18.8. The molecule has 0 spiro atoms. The van der Waals surface area contributed by atoms with Gasteiger partial charge in [-0.15, -0.1) is 0 Å². The Balaban J connectivity index is 1.30. The van der Waals surface area contributed by atoms with Gasteiger partial charge in [0.05, 0.1) is 16.6 Å². The van der Waals surface area contributed by atoms with Crippen LogP contribution in [0.4, 0.5) is 0 Å². The predicted molar refractivity (Wildman–Crippen MR) is 253 cm³/mol. The maximum Gasteiger partial charge on any atom is 0.0541 e. The zero-order valence-corrected chi connectivity index (χ0v) is 35.3. The average molecular weight is 765 g/mol. The third-order valence-electron chi connectivity index (χ3n) is 12.5. The van der Waals surface area contributed by atoms with Crippen LogP contribution in [0.15, 0.2) is 164 Å². The van der Waals surface area contributed by atoms with Gasteiger partial charge in [-0.1, -0.05) is 152 Å². The van der Waals surface area contributed by atoms with Crippen LogP contribution in [0.25, 0.3) is 83.5 Å². The minimum Gasteiger partial charge on any atom is -0.313 e. The van der Waals surface area contributed by atoms with Crippen LogP contribution in [0.1, 0.15) is 70.9 Å². The van der Waals surface area contributed by atoms with Crippen LogP contribution < -0.4 is 0 Å². The standard InChI is InChI=1S/C57H52N2/c1-37-22-25-49-51-35-45(57(5,6)7)24-27-54(51)59(55(49)28-37)47-33-43(42-30-40(38-16-10-8-11-17-38)29-41(31-42)39-18-12-9-13-19-39)32-46(36-47)58-52-21-15-14-20-48(52)50-34-44(56(2,3)4)23-26-53(50)58/h8-27,29-37H,28H2,1-7H3. The van der Waals surface area contributed by atoms with Gasteiger partial charge in [-0.05, 0) is 134 Å². The topological polar surface area (TPSA) is 9.86 Å². The lowest BCUT2D eigenvalue weighted by Gasteiger charge is -2.21. The monoisotopic (exact) mass is 764 g/mol. The first-order chi connectivity index (χ1) is 28.4. The Labute approximate surface area is 349 Å². The molecule has 0 radical (unpaired) electrons. The number of nitrogens with zero attached hydrogens (tertiary/aromatic N) is 2. The maximum absolute atomic E-state index is 2.58. The molecule has 10 rings (SSSR count).